The summed E-state index contributed by atoms with van der Waals surface area (Å²) < 4.78 is 42.7. The van der Waals surface area contributed by atoms with Crippen LogP contribution in [0, 0.1) is 11.7 Å². The molecule has 40 heavy (non-hydrogen) atoms. The Labute approximate surface area is 242 Å². The van der Waals surface area contributed by atoms with E-state index in [0.29, 0.717) is 23.1 Å². The fraction of sp³-hybridized carbons (Fsp3) is 0.286. The standard InChI is InChI=1S/C28H29Cl2FN4O4S/c1-2-24(27(32)36)33-28(37)20-7-12-23(31)25(13-20)34-40(38,39)16-17-14-35(15-17)26(18-3-8-21(29)9-4-18)19-5-10-22(30)11-6-19/h3-13,17,24,26,34H,2,14-16H2,1H3,(H2,32,36)(H,33,37). The number of rotatable bonds is 11. The van der Waals surface area contributed by atoms with Crippen LogP contribution in [-0.4, -0.2) is 50.0 Å². The van der Waals surface area contributed by atoms with Gasteiger partial charge in [0, 0.05) is 34.6 Å². The number of anilines is 1. The molecule has 1 aliphatic rings. The van der Waals surface area contributed by atoms with E-state index in [0.717, 1.165) is 23.3 Å². The van der Waals surface area contributed by atoms with Gasteiger partial charge in [-0.2, -0.15) is 0 Å². The number of sulfonamides is 1. The van der Waals surface area contributed by atoms with Crippen molar-refractivity contribution in [1.29, 1.82) is 0 Å². The number of carbonyl (C=O) groups excluding carboxylic acids is 2. The Balaban J connectivity index is 1.43. The molecule has 8 nitrogen and oxygen atoms in total. The minimum atomic E-state index is -3.95. The average molecular weight is 608 g/mol. The van der Waals surface area contributed by atoms with E-state index in [1.165, 1.54) is 6.07 Å². The maximum atomic E-state index is 14.5. The first kappa shape index (κ1) is 29.8. The highest BCUT2D eigenvalue weighted by Gasteiger charge is 2.36. The quantitative estimate of drug-likeness (QED) is 0.295. The highest BCUT2D eigenvalue weighted by atomic mass is 35.5. The van der Waals surface area contributed by atoms with Gasteiger partial charge in [0.2, 0.25) is 15.9 Å². The number of halogens is 3. The number of nitrogens with one attached hydrogen (secondary N) is 2. The Morgan fingerprint density at radius 1 is 1.00 bits per heavy atom. The van der Waals surface area contributed by atoms with E-state index >= 15 is 0 Å². The lowest BCUT2D eigenvalue weighted by molar-refractivity contribution is -0.119. The van der Waals surface area contributed by atoms with Crippen molar-refractivity contribution < 1.29 is 22.4 Å². The second-order valence-electron chi connectivity index (χ2n) is 9.74. The largest absolute Gasteiger partial charge is 0.368 e. The third kappa shape index (κ3) is 7.31. The predicted molar refractivity (Wildman–Crippen MR) is 154 cm³/mol. The molecule has 1 aliphatic heterocycles. The number of hydrogen-bond acceptors (Lipinski definition) is 5. The molecule has 2 amide bonds. The molecule has 0 bridgehead atoms. The maximum absolute atomic E-state index is 14.5. The maximum Gasteiger partial charge on any atom is 0.252 e. The molecule has 12 heteroatoms. The topological polar surface area (TPSA) is 122 Å². The summed E-state index contributed by atoms with van der Waals surface area (Å²) in [4.78, 5) is 26.1. The van der Waals surface area contributed by atoms with Crippen LogP contribution in [-0.2, 0) is 14.8 Å². The third-order valence-electron chi connectivity index (χ3n) is 6.73. The number of likely N-dealkylation sites (tertiary alicyclic amines) is 1. The Morgan fingerprint density at radius 3 is 2.05 bits per heavy atom. The zero-order valence-electron chi connectivity index (χ0n) is 21.6. The number of primary amides is 1. The van der Waals surface area contributed by atoms with Gasteiger partial charge < -0.3 is 11.1 Å². The molecular weight excluding hydrogens is 578 g/mol. The van der Waals surface area contributed by atoms with Crippen LogP contribution in [0.5, 0.6) is 0 Å². The molecule has 0 saturated carbocycles. The first-order chi connectivity index (χ1) is 19.0. The lowest BCUT2D eigenvalue weighted by atomic mass is 9.91. The summed E-state index contributed by atoms with van der Waals surface area (Å²) in [6.07, 6.45) is 0.275. The van der Waals surface area contributed by atoms with Gasteiger partial charge in [-0.15, -0.1) is 0 Å². The van der Waals surface area contributed by atoms with Gasteiger partial charge >= 0.3 is 0 Å². The molecule has 0 aliphatic carbocycles. The van der Waals surface area contributed by atoms with E-state index in [-0.39, 0.29) is 35.4 Å². The van der Waals surface area contributed by atoms with Crippen LogP contribution in [0.3, 0.4) is 0 Å². The molecule has 0 spiro atoms. The van der Waals surface area contributed by atoms with Gasteiger partial charge in [-0.05, 0) is 60.0 Å². The van der Waals surface area contributed by atoms with Crippen molar-refractivity contribution in [3.05, 3.63) is 99.3 Å². The number of benzene rings is 3. The molecule has 0 radical (unpaired) electrons. The molecule has 1 heterocycles. The third-order valence-corrected chi connectivity index (χ3v) is 8.67. The normalized spacial score (nSPS) is 14.9. The lowest BCUT2D eigenvalue weighted by Gasteiger charge is -2.44. The average Bonchev–Trinajstić information content (AvgIpc) is 2.88. The highest BCUT2D eigenvalue weighted by molar-refractivity contribution is 7.92. The SMILES string of the molecule is CCC(NC(=O)c1ccc(F)c(NS(=O)(=O)CC2CN(C(c3ccc(Cl)cc3)c3ccc(Cl)cc3)C2)c1)C(N)=O. The van der Waals surface area contributed by atoms with Crippen LogP contribution < -0.4 is 15.8 Å². The van der Waals surface area contributed by atoms with E-state index in [4.69, 9.17) is 28.9 Å². The minimum Gasteiger partial charge on any atom is -0.368 e. The van der Waals surface area contributed by atoms with Crippen molar-refractivity contribution in [1.82, 2.24) is 10.2 Å². The number of nitrogens with zero attached hydrogens (tertiary/aromatic N) is 1. The molecule has 1 fully saturated rings. The van der Waals surface area contributed by atoms with Crippen LogP contribution in [0.1, 0.15) is 40.9 Å². The smallest absolute Gasteiger partial charge is 0.252 e. The number of carbonyl (C=O) groups is 2. The van der Waals surface area contributed by atoms with Gasteiger partial charge in [-0.25, -0.2) is 12.8 Å². The summed E-state index contributed by atoms with van der Waals surface area (Å²) in [5.41, 5.74) is 6.91. The Kier molecular flexibility index (Phi) is 9.35. The molecule has 1 saturated heterocycles. The van der Waals surface area contributed by atoms with Gasteiger partial charge in [0.15, 0.2) is 0 Å². The van der Waals surface area contributed by atoms with Gasteiger partial charge in [0.25, 0.3) is 5.91 Å². The van der Waals surface area contributed by atoms with Crippen molar-refractivity contribution in [2.24, 2.45) is 11.7 Å². The summed E-state index contributed by atoms with van der Waals surface area (Å²) in [5, 5.41) is 3.69. The molecular formula is C28H29Cl2FN4O4S. The zero-order valence-corrected chi connectivity index (χ0v) is 23.9. The summed E-state index contributed by atoms with van der Waals surface area (Å²) >= 11 is 12.2. The van der Waals surface area contributed by atoms with Gasteiger partial charge in [-0.3, -0.25) is 19.2 Å². The van der Waals surface area contributed by atoms with Crippen LogP contribution in [0.15, 0.2) is 66.7 Å². The second-order valence-corrected chi connectivity index (χ2v) is 12.4. The molecule has 3 aromatic carbocycles. The second kappa shape index (κ2) is 12.6. The summed E-state index contributed by atoms with van der Waals surface area (Å²) in [6, 6.07) is 17.3. The fourth-order valence-corrected chi connectivity index (χ4v) is 6.37. The lowest BCUT2D eigenvalue weighted by Crippen LogP contribution is -2.51. The van der Waals surface area contributed by atoms with Crippen LogP contribution >= 0.6 is 23.2 Å². The number of nitrogens with two attached hydrogens (primary N) is 1. The summed E-state index contributed by atoms with van der Waals surface area (Å²) in [6.45, 7) is 2.66. The molecule has 1 atom stereocenters. The Bertz CT molecular complexity index is 1440. The summed E-state index contributed by atoms with van der Waals surface area (Å²) in [7, 11) is -3.95. The van der Waals surface area contributed by atoms with Gasteiger partial charge in [-0.1, -0.05) is 54.4 Å². The van der Waals surface area contributed by atoms with Gasteiger partial charge in [0.1, 0.15) is 11.9 Å². The molecule has 3 aromatic rings. The van der Waals surface area contributed by atoms with Crippen molar-refractivity contribution in [3.63, 3.8) is 0 Å². The van der Waals surface area contributed by atoms with E-state index in [2.05, 4.69) is 14.9 Å². The van der Waals surface area contributed by atoms with Crippen molar-refractivity contribution in [2.75, 3.05) is 23.6 Å². The van der Waals surface area contributed by atoms with Crippen LogP contribution in [0.4, 0.5) is 10.1 Å². The van der Waals surface area contributed by atoms with E-state index < -0.39 is 33.7 Å². The first-order valence-corrected chi connectivity index (χ1v) is 15.0. The molecule has 0 aromatic heterocycles. The molecule has 212 valence electrons. The van der Waals surface area contributed by atoms with Crippen LogP contribution in [0.2, 0.25) is 10.0 Å². The van der Waals surface area contributed by atoms with E-state index in [1.807, 2.05) is 48.5 Å². The van der Waals surface area contributed by atoms with Crippen molar-refractivity contribution in [3.8, 4) is 0 Å². The number of hydrogen-bond donors (Lipinski definition) is 3. The fourth-order valence-electron chi connectivity index (χ4n) is 4.71. The van der Waals surface area contributed by atoms with E-state index in [1.54, 1.807) is 6.92 Å². The van der Waals surface area contributed by atoms with Crippen molar-refractivity contribution in [2.45, 2.75) is 25.4 Å². The molecule has 4 N–H and O–H groups in total. The Hall–Kier alpha value is -3.18. The molecule has 4 rings (SSSR count). The monoisotopic (exact) mass is 606 g/mol. The zero-order chi connectivity index (χ0) is 29.0. The van der Waals surface area contributed by atoms with Crippen molar-refractivity contribution >= 4 is 50.7 Å². The minimum absolute atomic E-state index is 0.0117. The van der Waals surface area contributed by atoms with E-state index in [9.17, 15) is 22.4 Å². The highest BCUT2D eigenvalue weighted by Crippen LogP contribution is 2.36. The molecule has 1 unspecified atom stereocenters. The van der Waals surface area contributed by atoms with Gasteiger partial charge in [0.05, 0.1) is 17.5 Å². The number of amides is 2. The summed E-state index contributed by atoms with van der Waals surface area (Å²) in [5.74, 6) is -2.63. The van der Waals surface area contributed by atoms with Crippen LogP contribution in [0.25, 0.3) is 0 Å². The predicted octanol–water partition coefficient (Wildman–Crippen LogP) is 4.59. The Morgan fingerprint density at radius 2 is 1.55 bits per heavy atom. The first-order valence-electron chi connectivity index (χ1n) is 12.6.